The molecule has 0 amide bonds. The number of likely N-dealkylation sites (N-methyl/N-ethyl adjacent to an activating group) is 1. The number of H-pyrrole nitrogens is 1. The number of rotatable bonds is 7. The molecule has 7 heteroatoms. The summed E-state index contributed by atoms with van der Waals surface area (Å²) in [4.78, 5) is 16.1. The lowest BCUT2D eigenvalue weighted by Crippen LogP contribution is -2.39. The van der Waals surface area contributed by atoms with Crippen molar-refractivity contribution in [3.05, 3.63) is 64.7 Å². The highest BCUT2D eigenvalue weighted by Crippen LogP contribution is 2.16. The van der Waals surface area contributed by atoms with Crippen LogP contribution in [-0.4, -0.2) is 41.0 Å². The summed E-state index contributed by atoms with van der Waals surface area (Å²) in [7, 11) is 2.08. The van der Waals surface area contributed by atoms with E-state index in [1.54, 1.807) is 11.3 Å². The van der Waals surface area contributed by atoms with Crippen LogP contribution in [0, 0.1) is 0 Å². The summed E-state index contributed by atoms with van der Waals surface area (Å²) in [5, 5.41) is 5.48. The Morgan fingerprint density at radius 2 is 2.04 bits per heavy atom. The summed E-state index contributed by atoms with van der Waals surface area (Å²) >= 11 is 1.80. The van der Waals surface area contributed by atoms with Gasteiger partial charge in [-0.15, -0.1) is 35.3 Å². The van der Waals surface area contributed by atoms with Crippen molar-refractivity contribution in [2.75, 3.05) is 20.1 Å². The lowest BCUT2D eigenvalue weighted by Gasteiger charge is -2.21. The van der Waals surface area contributed by atoms with Crippen LogP contribution in [-0.2, 0) is 13.0 Å². The van der Waals surface area contributed by atoms with Crippen molar-refractivity contribution >= 4 is 41.3 Å². The average molecular weight is 495 g/mol. The molecule has 1 aromatic carbocycles. The fourth-order valence-corrected chi connectivity index (χ4v) is 3.36. The van der Waals surface area contributed by atoms with E-state index in [1.807, 2.05) is 24.4 Å². The summed E-state index contributed by atoms with van der Waals surface area (Å²) in [5.74, 6) is 1.77. The summed E-state index contributed by atoms with van der Waals surface area (Å²) in [6, 6.07) is 14.5. The van der Waals surface area contributed by atoms with E-state index in [2.05, 4.69) is 63.8 Å². The molecule has 0 saturated heterocycles. The third kappa shape index (κ3) is 6.35. The van der Waals surface area contributed by atoms with Gasteiger partial charge in [0.05, 0.1) is 11.9 Å². The monoisotopic (exact) mass is 495 g/mol. The number of aliphatic imine (C=N–C) groups is 1. The molecule has 0 spiro atoms. The highest BCUT2D eigenvalue weighted by molar-refractivity contribution is 14.0. The predicted molar refractivity (Wildman–Crippen MR) is 125 cm³/mol. The van der Waals surface area contributed by atoms with E-state index in [1.165, 1.54) is 4.88 Å². The van der Waals surface area contributed by atoms with Gasteiger partial charge in [-0.3, -0.25) is 0 Å². The topological polar surface area (TPSA) is 56.3 Å². The Balaban J connectivity index is 0.00000261. The first-order valence-corrected chi connectivity index (χ1v) is 9.75. The molecule has 0 radical (unpaired) electrons. The van der Waals surface area contributed by atoms with Gasteiger partial charge in [-0.2, -0.15) is 0 Å². The van der Waals surface area contributed by atoms with Crippen LogP contribution in [0.1, 0.15) is 17.6 Å². The minimum absolute atomic E-state index is 0. The van der Waals surface area contributed by atoms with Gasteiger partial charge in [-0.25, -0.2) is 9.98 Å². The number of nitrogens with zero attached hydrogens (tertiary/aromatic N) is 3. The molecule has 5 nitrogen and oxygen atoms in total. The lowest BCUT2D eigenvalue weighted by molar-refractivity contribution is 0.486. The highest BCUT2D eigenvalue weighted by atomic mass is 127. The first-order chi connectivity index (χ1) is 12.8. The number of aromatic nitrogens is 2. The quantitative estimate of drug-likeness (QED) is 0.290. The van der Waals surface area contributed by atoms with E-state index in [4.69, 9.17) is 4.99 Å². The highest BCUT2D eigenvalue weighted by Gasteiger charge is 2.08. The number of thiophene rings is 1. The number of imidazole rings is 1. The molecule has 0 unspecified atom stereocenters. The van der Waals surface area contributed by atoms with Crippen LogP contribution < -0.4 is 5.32 Å². The second kappa shape index (κ2) is 11.1. The van der Waals surface area contributed by atoms with Gasteiger partial charge in [0, 0.05) is 25.0 Å². The second-order valence-corrected chi connectivity index (χ2v) is 7.06. The van der Waals surface area contributed by atoms with Crippen LogP contribution in [0.25, 0.3) is 11.3 Å². The van der Waals surface area contributed by atoms with Crippen molar-refractivity contribution < 1.29 is 0 Å². The van der Waals surface area contributed by atoms with E-state index < -0.39 is 0 Å². The van der Waals surface area contributed by atoms with E-state index in [0.29, 0.717) is 6.54 Å². The van der Waals surface area contributed by atoms with Crippen molar-refractivity contribution in [1.29, 1.82) is 0 Å². The molecule has 0 saturated carbocycles. The maximum absolute atomic E-state index is 4.73. The smallest absolute Gasteiger partial charge is 0.194 e. The van der Waals surface area contributed by atoms with E-state index >= 15 is 0 Å². The maximum Gasteiger partial charge on any atom is 0.194 e. The Hall–Kier alpha value is -1.87. The number of halogens is 1. The van der Waals surface area contributed by atoms with Gasteiger partial charge in [-0.05, 0) is 30.4 Å². The van der Waals surface area contributed by atoms with Gasteiger partial charge in [0.2, 0.25) is 0 Å². The molecule has 2 N–H and O–H groups in total. The molecular formula is C20H26IN5S. The molecule has 0 bridgehead atoms. The maximum atomic E-state index is 4.73. The van der Waals surface area contributed by atoms with Crippen molar-refractivity contribution in [2.45, 2.75) is 19.9 Å². The molecule has 2 aromatic heterocycles. The molecule has 3 rings (SSSR count). The van der Waals surface area contributed by atoms with E-state index in [9.17, 15) is 0 Å². The van der Waals surface area contributed by atoms with Gasteiger partial charge in [-0.1, -0.05) is 36.4 Å². The number of hydrogen-bond donors (Lipinski definition) is 2. The van der Waals surface area contributed by atoms with E-state index in [0.717, 1.165) is 42.6 Å². The minimum atomic E-state index is 0. The second-order valence-electron chi connectivity index (χ2n) is 6.03. The van der Waals surface area contributed by atoms with Crippen molar-refractivity contribution in [3.8, 4) is 11.3 Å². The Kier molecular flexibility index (Phi) is 8.80. The molecule has 144 valence electrons. The number of nitrogens with one attached hydrogen (secondary N) is 2. The Morgan fingerprint density at radius 3 is 2.74 bits per heavy atom. The lowest BCUT2D eigenvalue weighted by atomic mass is 10.2. The summed E-state index contributed by atoms with van der Waals surface area (Å²) in [6.07, 6.45) is 2.89. The summed E-state index contributed by atoms with van der Waals surface area (Å²) in [5.41, 5.74) is 2.15. The van der Waals surface area contributed by atoms with Crippen LogP contribution in [0.3, 0.4) is 0 Å². The SMILES string of the molecule is CCNC(=NCc1ncc(-c2ccccc2)[nH]1)N(C)CCc1cccs1.I. The Labute approximate surface area is 182 Å². The van der Waals surface area contributed by atoms with Crippen LogP contribution in [0.2, 0.25) is 0 Å². The van der Waals surface area contributed by atoms with Gasteiger partial charge < -0.3 is 15.2 Å². The molecule has 0 aliphatic rings. The predicted octanol–water partition coefficient (Wildman–Crippen LogP) is 4.40. The van der Waals surface area contributed by atoms with Gasteiger partial charge in [0.15, 0.2) is 5.96 Å². The summed E-state index contributed by atoms with van der Waals surface area (Å²) in [6.45, 7) is 4.39. The molecule has 2 heterocycles. The van der Waals surface area contributed by atoms with Crippen molar-refractivity contribution in [1.82, 2.24) is 20.2 Å². The third-order valence-corrected chi connectivity index (χ3v) is 5.00. The fraction of sp³-hybridized carbons (Fsp3) is 0.300. The van der Waals surface area contributed by atoms with Crippen LogP contribution in [0.5, 0.6) is 0 Å². The molecular weight excluding hydrogens is 469 g/mol. The number of guanidine groups is 1. The average Bonchev–Trinajstić information content (AvgIpc) is 3.36. The standard InChI is InChI=1S/C20H25N5S.HI/c1-3-21-20(25(2)12-11-17-10-7-13-26-17)23-15-19-22-14-18(24-19)16-8-5-4-6-9-16;/h4-10,13-14H,3,11-12,15H2,1-2H3,(H,21,23)(H,22,24);1H. The van der Waals surface area contributed by atoms with Crippen molar-refractivity contribution in [2.24, 2.45) is 4.99 Å². The third-order valence-electron chi connectivity index (χ3n) is 4.06. The van der Waals surface area contributed by atoms with Crippen LogP contribution >= 0.6 is 35.3 Å². The normalized spacial score (nSPS) is 11.1. The van der Waals surface area contributed by atoms with Gasteiger partial charge >= 0.3 is 0 Å². The first-order valence-electron chi connectivity index (χ1n) is 8.87. The first kappa shape index (κ1) is 21.4. The van der Waals surface area contributed by atoms with Gasteiger partial charge in [0.25, 0.3) is 0 Å². The molecule has 27 heavy (non-hydrogen) atoms. The number of aromatic amines is 1. The molecule has 0 fully saturated rings. The zero-order valence-electron chi connectivity index (χ0n) is 15.7. The molecule has 0 atom stereocenters. The molecule has 0 aliphatic carbocycles. The van der Waals surface area contributed by atoms with Gasteiger partial charge in [0.1, 0.15) is 12.4 Å². The molecule has 3 aromatic rings. The number of benzene rings is 1. The zero-order valence-corrected chi connectivity index (χ0v) is 18.8. The largest absolute Gasteiger partial charge is 0.357 e. The Morgan fingerprint density at radius 1 is 1.22 bits per heavy atom. The van der Waals surface area contributed by atoms with E-state index in [-0.39, 0.29) is 24.0 Å². The number of hydrogen-bond acceptors (Lipinski definition) is 3. The van der Waals surface area contributed by atoms with Crippen molar-refractivity contribution in [3.63, 3.8) is 0 Å². The zero-order chi connectivity index (χ0) is 18.2. The minimum Gasteiger partial charge on any atom is -0.357 e. The molecule has 0 aliphatic heterocycles. The van der Waals surface area contributed by atoms with Crippen LogP contribution in [0.4, 0.5) is 0 Å². The Bertz CT molecular complexity index is 814. The van der Waals surface area contributed by atoms with Crippen LogP contribution in [0.15, 0.2) is 59.0 Å². The summed E-state index contributed by atoms with van der Waals surface area (Å²) < 4.78 is 0. The fourth-order valence-electron chi connectivity index (χ4n) is 2.67.